The number of halogens is 1. The van der Waals surface area contributed by atoms with Crippen LogP contribution in [0.2, 0.25) is 0 Å². The van der Waals surface area contributed by atoms with Crippen molar-refractivity contribution in [2.24, 2.45) is 0 Å². The molecule has 1 unspecified atom stereocenters. The molecule has 3 aromatic rings. The number of non-ortho nitro benzene ring substituents is 1. The van der Waals surface area contributed by atoms with Crippen LogP contribution in [0.5, 0.6) is 0 Å². The lowest BCUT2D eigenvalue weighted by Gasteiger charge is -2.39. The van der Waals surface area contributed by atoms with Gasteiger partial charge in [0.15, 0.2) is 0 Å². The van der Waals surface area contributed by atoms with E-state index in [9.17, 15) is 10.1 Å². The van der Waals surface area contributed by atoms with Gasteiger partial charge in [0.1, 0.15) is 0 Å². The fourth-order valence-corrected chi connectivity index (χ4v) is 4.28. The predicted octanol–water partition coefficient (Wildman–Crippen LogP) is 5.90. The van der Waals surface area contributed by atoms with E-state index in [-0.39, 0.29) is 23.0 Å². The van der Waals surface area contributed by atoms with Gasteiger partial charge in [0, 0.05) is 35.2 Å². The Bertz CT molecular complexity index is 1060. The van der Waals surface area contributed by atoms with Crippen molar-refractivity contribution in [1.82, 2.24) is 4.98 Å². The van der Waals surface area contributed by atoms with Crippen LogP contribution in [-0.4, -0.2) is 9.91 Å². The van der Waals surface area contributed by atoms with Gasteiger partial charge in [0.05, 0.1) is 10.4 Å². The number of allylic oxidation sites excluding steroid dienone is 2. The van der Waals surface area contributed by atoms with Crippen LogP contribution in [0.1, 0.15) is 36.3 Å². The van der Waals surface area contributed by atoms with Gasteiger partial charge in [0.2, 0.25) is 0 Å². The van der Waals surface area contributed by atoms with Gasteiger partial charge >= 0.3 is 0 Å². The van der Waals surface area contributed by atoms with E-state index in [4.69, 9.17) is 0 Å². The number of pyridine rings is 1. The topological polar surface area (TPSA) is 56.0 Å². The summed E-state index contributed by atoms with van der Waals surface area (Å²) in [6, 6.07) is 13.2. The molecule has 0 saturated heterocycles. The van der Waals surface area contributed by atoms with Crippen LogP contribution in [0.3, 0.4) is 0 Å². The van der Waals surface area contributed by atoms with E-state index in [1.807, 2.05) is 24.4 Å². The number of rotatable bonds is 2. The second-order valence-electron chi connectivity index (χ2n) is 6.73. The fraction of sp³-hybridized carbons (Fsp3) is 0.190. The summed E-state index contributed by atoms with van der Waals surface area (Å²) in [7, 11) is 0. The molecular formula is C21H17ClN2O2. The van der Waals surface area contributed by atoms with Crippen molar-refractivity contribution < 1.29 is 4.92 Å². The van der Waals surface area contributed by atoms with Crippen molar-refractivity contribution in [2.75, 3.05) is 0 Å². The highest BCUT2D eigenvalue weighted by Gasteiger charge is 2.36. The maximum atomic E-state index is 11.0. The quantitative estimate of drug-likeness (QED) is 0.420. The Labute approximate surface area is 157 Å². The third-order valence-corrected chi connectivity index (χ3v) is 5.40. The molecule has 0 aliphatic heterocycles. The van der Waals surface area contributed by atoms with Gasteiger partial charge < -0.3 is 0 Å². The summed E-state index contributed by atoms with van der Waals surface area (Å²) in [5.74, 6) is 0.486. The number of aromatic nitrogens is 1. The lowest BCUT2D eigenvalue weighted by molar-refractivity contribution is -0.384. The van der Waals surface area contributed by atoms with Gasteiger partial charge in [0.25, 0.3) is 5.69 Å². The molecule has 0 fully saturated rings. The molecule has 5 heteroatoms. The summed E-state index contributed by atoms with van der Waals surface area (Å²) in [4.78, 5) is 15.2. The van der Waals surface area contributed by atoms with Gasteiger partial charge in [-0.15, -0.1) is 12.4 Å². The molecule has 2 aromatic carbocycles. The van der Waals surface area contributed by atoms with Crippen LogP contribution in [0, 0.1) is 10.1 Å². The number of nitrogens with zero attached hydrogens (tertiary/aromatic N) is 2. The molecule has 0 bridgehead atoms. The van der Waals surface area contributed by atoms with Gasteiger partial charge in [-0.25, -0.2) is 0 Å². The highest BCUT2D eigenvalue weighted by molar-refractivity contribution is 6.04. The number of nitro benzene ring substituents is 1. The lowest BCUT2D eigenvalue weighted by Crippen LogP contribution is -2.20. The van der Waals surface area contributed by atoms with E-state index in [0.717, 1.165) is 28.5 Å². The summed E-state index contributed by atoms with van der Waals surface area (Å²) < 4.78 is 0. The summed E-state index contributed by atoms with van der Waals surface area (Å²) in [6.45, 7) is 0. The van der Waals surface area contributed by atoms with Crippen molar-refractivity contribution in [2.45, 2.75) is 25.2 Å². The fourth-order valence-electron chi connectivity index (χ4n) is 4.28. The molecule has 0 spiro atoms. The van der Waals surface area contributed by atoms with Crippen LogP contribution < -0.4 is 0 Å². The van der Waals surface area contributed by atoms with E-state index in [1.165, 1.54) is 29.5 Å². The van der Waals surface area contributed by atoms with Gasteiger partial charge in [-0.05, 0) is 65.8 Å². The molecule has 0 N–H and O–H groups in total. The van der Waals surface area contributed by atoms with Crippen LogP contribution >= 0.6 is 12.4 Å². The number of fused-ring (bicyclic) bond motifs is 5. The molecular weight excluding hydrogens is 348 g/mol. The van der Waals surface area contributed by atoms with Crippen molar-refractivity contribution in [1.29, 1.82) is 0 Å². The minimum atomic E-state index is -0.356. The largest absolute Gasteiger partial charge is 0.269 e. The zero-order chi connectivity index (χ0) is 17.0. The number of hydrogen-bond donors (Lipinski definition) is 0. The zero-order valence-electron chi connectivity index (χ0n) is 14.0. The molecule has 0 radical (unpaired) electrons. The average molecular weight is 365 g/mol. The minimum absolute atomic E-state index is 0. The molecule has 2 aliphatic carbocycles. The lowest BCUT2D eigenvalue weighted by atomic mass is 9.65. The summed E-state index contributed by atoms with van der Waals surface area (Å²) in [5.41, 5.74) is 7.43. The normalized spacial score (nSPS) is 17.4. The molecule has 4 nitrogen and oxygen atoms in total. The van der Waals surface area contributed by atoms with E-state index >= 15 is 0 Å². The highest BCUT2D eigenvalue weighted by Crippen LogP contribution is 2.56. The Kier molecular flexibility index (Phi) is 4.00. The monoisotopic (exact) mass is 364 g/mol. The molecule has 1 heterocycles. The van der Waals surface area contributed by atoms with Crippen LogP contribution in [0.15, 0.2) is 54.7 Å². The van der Waals surface area contributed by atoms with Crippen molar-refractivity contribution in [3.63, 3.8) is 0 Å². The van der Waals surface area contributed by atoms with Gasteiger partial charge in [-0.1, -0.05) is 12.1 Å². The van der Waals surface area contributed by atoms with Crippen molar-refractivity contribution >= 4 is 34.6 Å². The summed E-state index contributed by atoms with van der Waals surface area (Å²) in [6.07, 6.45) is 7.74. The van der Waals surface area contributed by atoms with Crippen molar-refractivity contribution in [3.8, 4) is 11.1 Å². The van der Waals surface area contributed by atoms with Crippen molar-refractivity contribution in [3.05, 3.63) is 76.0 Å². The van der Waals surface area contributed by atoms with Crippen LogP contribution in [-0.2, 0) is 0 Å². The smallest absolute Gasteiger partial charge is 0.258 e. The Morgan fingerprint density at radius 1 is 1.15 bits per heavy atom. The molecule has 0 amide bonds. The first-order valence-corrected chi connectivity index (χ1v) is 8.61. The first kappa shape index (κ1) is 16.7. The predicted molar refractivity (Wildman–Crippen MR) is 106 cm³/mol. The first-order valence-electron chi connectivity index (χ1n) is 8.61. The SMILES string of the molecule is Cl.O=[N+]([O-])c1ccc(-c2c3c(cc4cccnc24)C2=CCCCC23)cc1. The maximum Gasteiger partial charge on any atom is 0.269 e. The molecule has 0 saturated carbocycles. The second-order valence-corrected chi connectivity index (χ2v) is 6.73. The third kappa shape index (κ3) is 2.33. The van der Waals surface area contributed by atoms with Crippen LogP contribution in [0.25, 0.3) is 27.6 Å². The van der Waals surface area contributed by atoms with Crippen LogP contribution in [0.4, 0.5) is 5.69 Å². The first-order chi connectivity index (χ1) is 12.2. The Hall–Kier alpha value is -2.72. The summed E-state index contributed by atoms with van der Waals surface area (Å²) >= 11 is 0. The Morgan fingerprint density at radius 2 is 1.96 bits per heavy atom. The number of benzene rings is 2. The second kappa shape index (κ2) is 6.22. The molecule has 1 aromatic heterocycles. The van der Waals surface area contributed by atoms with E-state index in [2.05, 4.69) is 23.2 Å². The van der Waals surface area contributed by atoms with E-state index in [0.29, 0.717) is 5.92 Å². The molecule has 2 aliphatic rings. The standard InChI is InChI=1S/C21H16N2O2.ClH/c24-23(25)15-9-7-13(8-10-15)19-20-17-6-2-1-5-16(17)18(20)12-14-4-3-11-22-21(14)19;/h3-5,7-12,17H,1-2,6H2;1H. The van der Waals surface area contributed by atoms with E-state index in [1.54, 1.807) is 12.1 Å². The maximum absolute atomic E-state index is 11.0. The van der Waals surface area contributed by atoms with Gasteiger partial charge in [-0.2, -0.15) is 0 Å². The Morgan fingerprint density at radius 3 is 2.73 bits per heavy atom. The minimum Gasteiger partial charge on any atom is -0.258 e. The third-order valence-electron chi connectivity index (χ3n) is 5.40. The Balaban J connectivity index is 0.00000168. The zero-order valence-corrected chi connectivity index (χ0v) is 14.8. The molecule has 130 valence electrons. The highest BCUT2D eigenvalue weighted by atomic mass is 35.5. The van der Waals surface area contributed by atoms with E-state index < -0.39 is 0 Å². The average Bonchev–Trinajstić information content (AvgIpc) is 2.65. The molecule has 1 atom stereocenters. The van der Waals surface area contributed by atoms with Gasteiger partial charge in [-0.3, -0.25) is 15.1 Å². The summed E-state index contributed by atoms with van der Waals surface area (Å²) in [5, 5.41) is 12.1. The number of hydrogen-bond acceptors (Lipinski definition) is 3. The molecule has 26 heavy (non-hydrogen) atoms. The molecule has 5 rings (SSSR count). The number of nitro groups is 1.